The molecular weight excluding hydrogens is 318 g/mol. The highest BCUT2D eigenvalue weighted by Crippen LogP contribution is 2.28. The number of rotatable bonds is 7. The topological polar surface area (TPSA) is 62.7 Å². The van der Waals surface area contributed by atoms with Gasteiger partial charge in [-0.2, -0.15) is 0 Å². The van der Waals surface area contributed by atoms with Gasteiger partial charge in [-0.1, -0.05) is 24.3 Å². The molecule has 3 rings (SSSR count). The van der Waals surface area contributed by atoms with Crippen LogP contribution in [0.4, 0.5) is 5.69 Å². The fraction of sp³-hybridized carbons (Fsp3) is 0.316. The molecule has 0 bridgehead atoms. The van der Waals surface area contributed by atoms with Crippen molar-refractivity contribution in [3.8, 4) is 0 Å². The van der Waals surface area contributed by atoms with Crippen molar-refractivity contribution in [1.82, 2.24) is 9.88 Å². The average Bonchev–Trinajstić information content (AvgIpc) is 2.95. The molecular formula is C19H21N3O3. The molecule has 0 aliphatic carbocycles. The monoisotopic (exact) mass is 339 g/mol. The van der Waals surface area contributed by atoms with E-state index in [4.69, 9.17) is 4.74 Å². The van der Waals surface area contributed by atoms with Crippen LogP contribution in [-0.2, 0) is 27.3 Å². The Balaban J connectivity index is 1.73. The Morgan fingerprint density at radius 1 is 1.24 bits per heavy atom. The third-order valence-corrected chi connectivity index (χ3v) is 4.22. The summed E-state index contributed by atoms with van der Waals surface area (Å²) in [4.78, 5) is 32.6. The van der Waals surface area contributed by atoms with Gasteiger partial charge in [0.15, 0.2) is 0 Å². The number of para-hydroxylation sites is 1. The predicted octanol–water partition coefficient (Wildman–Crippen LogP) is 1.65. The van der Waals surface area contributed by atoms with Gasteiger partial charge in [0.1, 0.15) is 6.54 Å². The minimum Gasteiger partial charge on any atom is -0.383 e. The number of nitrogens with zero attached hydrogens (tertiary/aromatic N) is 3. The number of hydrogen-bond acceptors (Lipinski definition) is 4. The number of benzene rings is 1. The summed E-state index contributed by atoms with van der Waals surface area (Å²) in [6, 6.07) is 13.2. The molecule has 1 aliphatic heterocycles. The fourth-order valence-corrected chi connectivity index (χ4v) is 2.91. The van der Waals surface area contributed by atoms with Crippen LogP contribution >= 0.6 is 0 Å². The summed E-state index contributed by atoms with van der Waals surface area (Å²) < 4.78 is 5.11. The van der Waals surface area contributed by atoms with Crippen molar-refractivity contribution in [2.75, 3.05) is 31.7 Å². The zero-order valence-electron chi connectivity index (χ0n) is 14.2. The second-order valence-electron chi connectivity index (χ2n) is 5.91. The first-order chi connectivity index (χ1) is 12.2. The number of anilines is 1. The van der Waals surface area contributed by atoms with E-state index in [0.717, 1.165) is 16.9 Å². The average molecular weight is 339 g/mol. The van der Waals surface area contributed by atoms with Crippen molar-refractivity contribution in [2.45, 2.75) is 13.0 Å². The molecule has 1 aromatic heterocycles. The number of fused-ring (bicyclic) bond motifs is 1. The second-order valence-corrected chi connectivity index (χ2v) is 5.91. The largest absolute Gasteiger partial charge is 0.383 e. The molecule has 2 amide bonds. The molecule has 0 saturated carbocycles. The lowest BCUT2D eigenvalue weighted by atomic mass is 10.2. The van der Waals surface area contributed by atoms with Gasteiger partial charge in [-0.05, 0) is 23.8 Å². The summed E-state index contributed by atoms with van der Waals surface area (Å²) in [6.07, 6.45) is 2.05. The lowest BCUT2D eigenvalue weighted by Crippen LogP contribution is -2.42. The van der Waals surface area contributed by atoms with Crippen LogP contribution in [0.2, 0.25) is 0 Å². The van der Waals surface area contributed by atoms with Crippen LogP contribution in [0.1, 0.15) is 11.3 Å². The van der Waals surface area contributed by atoms with Gasteiger partial charge in [0.25, 0.3) is 0 Å². The van der Waals surface area contributed by atoms with Gasteiger partial charge in [-0.3, -0.25) is 14.6 Å². The van der Waals surface area contributed by atoms with E-state index in [-0.39, 0.29) is 18.4 Å². The summed E-state index contributed by atoms with van der Waals surface area (Å²) in [5.41, 5.74) is 2.60. The number of ether oxygens (including phenoxy) is 1. The number of methoxy groups -OCH3 is 1. The molecule has 0 fully saturated rings. The minimum atomic E-state index is -0.118. The van der Waals surface area contributed by atoms with Gasteiger partial charge in [-0.15, -0.1) is 0 Å². The van der Waals surface area contributed by atoms with Crippen LogP contribution < -0.4 is 4.90 Å². The molecule has 25 heavy (non-hydrogen) atoms. The van der Waals surface area contributed by atoms with Crippen molar-refractivity contribution >= 4 is 17.5 Å². The molecule has 0 saturated heterocycles. The van der Waals surface area contributed by atoms with Crippen LogP contribution in [-0.4, -0.2) is 48.5 Å². The van der Waals surface area contributed by atoms with Crippen LogP contribution in [0.5, 0.6) is 0 Å². The summed E-state index contributed by atoms with van der Waals surface area (Å²) in [6.45, 7) is 1.32. The molecule has 0 atom stereocenters. The summed E-state index contributed by atoms with van der Waals surface area (Å²) >= 11 is 0. The number of hydrogen-bond donors (Lipinski definition) is 0. The first-order valence-electron chi connectivity index (χ1n) is 8.24. The Bertz CT molecular complexity index is 749. The summed E-state index contributed by atoms with van der Waals surface area (Å²) in [5, 5.41) is 0. The Morgan fingerprint density at radius 3 is 2.80 bits per heavy atom. The number of amides is 2. The molecule has 130 valence electrons. The number of pyridine rings is 1. The van der Waals surface area contributed by atoms with Crippen molar-refractivity contribution in [1.29, 1.82) is 0 Å². The van der Waals surface area contributed by atoms with E-state index < -0.39 is 0 Å². The molecule has 0 N–H and O–H groups in total. The maximum Gasteiger partial charge on any atom is 0.243 e. The second kappa shape index (κ2) is 7.90. The molecule has 1 aliphatic rings. The van der Waals surface area contributed by atoms with Gasteiger partial charge < -0.3 is 14.5 Å². The van der Waals surface area contributed by atoms with E-state index in [1.807, 2.05) is 42.5 Å². The Morgan fingerprint density at radius 2 is 2.04 bits per heavy atom. The minimum absolute atomic E-state index is 0.0341. The van der Waals surface area contributed by atoms with E-state index in [0.29, 0.717) is 26.1 Å². The lowest BCUT2D eigenvalue weighted by molar-refractivity contribution is -0.132. The van der Waals surface area contributed by atoms with Crippen LogP contribution in [0.15, 0.2) is 48.7 Å². The maximum atomic E-state index is 12.8. The molecule has 6 nitrogen and oxygen atoms in total. The lowest BCUT2D eigenvalue weighted by Gasteiger charge is -2.25. The third-order valence-electron chi connectivity index (χ3n) is 4.22. The molecule has 0 spiro atoms. The normalized spacial score (nSPS) is 13.0. The van der Waals surface area contributed by atoms with E-state index >= 15 is 0 Å². The van der Waals surface area contributed by atoms with Crippen molar-refractivity contribution in [3.63, 3.8) is 0 Å². The Hall–Kier alpha value is -2.73. The van der Waals surface area contributed by atoms with Gasteiger partial charge in [0.05, 0.1) is 25.3 Å². The fourth-order valence-electron chi connectivity index (χ4n) is 2.91. The van der Waals surface area contributed by atoms with Gasteiger partial charge in [-0.25, -0.2) is 0 Å². The third kappa shape index (κ3) is 4.03. The molecule has 2 aromatic rings. The van der Waals surface area contributed by atoms with Crippen molar-refractivity contribution in [2.24, 2.45) is 0 Å². The highest BCUT2D eigenvalue weighted by molar-refractivity contribution is 6.04. The molecule has 2 heterocycles. The first-order valence-corrected chi connectivity index (χ1v) is 8.24. The summed E-state index contributed by atoms with van der Waals surface area (Å²) in [7, 11) is 1.60. The SMILES string of the molecule is COCCN(Cc1ccccn1)C(=O)CN1C(=O)Cc2ccccc21. The molecule has 0 radical (unpaired) electrons. The number of carbonyl (C=O) groups excluding carboxylic acids is 2. The number of carbonyl (C=O) groups is 2. The van der Waals surface area contributed by atoms with Gasteiger partial charge >= 0.3 is 0 Å². The van der Waals surface area contributed by atoms with Crippen LogP contribution in [0, 0.1) is 0 Å². The predicted molar refractivity (Wildman–Crippen MR) is 94.0 cm³/mol. The van der Waals surface area contributed by atoms with Crippen LogP contribution in [0.25, 0.3) is 0 Å². The van der Waals surface area contributed by atoms with E-state index in [1.165, 1.54) is 0 Å². The number of aromatic nitrogens is 1. The van der Waals surface area contributed by atoms with E-state index in [1.54, 1.807) is 23.1 Å². The first kappa shape index (κ1) is 17.1. The Kier molecular flexibility index (Phi) is 5.40. The standard InChI is InChI=1S/C19H21N3O3/c1-25-11-10-21(13-16-7-4-5-9-20-16)19(24)14-22-17-8-3-2-6-15(17)12-18(22)23/h2-9H,10-14H2,1H3. The zero-order valence-corrected chi connectivity index (χ0v) is 14.2. The smallest absolute Gasteiger partial charge is 0.243 e. The van der Waals surface area contributed by atoms with Gasteiger partial charge in [0, 0.05) is 25.5 Å². The Labute approximate surface area is 147 Å². The van der Waals surface area contributed by atoms with Gasteiger partial charge in [0.2, 0.25) is 11.8 Å². The summed E-state index contributed by atoms with van der Waals surface area (Å²) in [5.74, 6) is -0.160. The van der Waals surface area contributed by atoms with E-state index in [9.17, 15) is 9.59 Å². The molecule has 0 unspecified atom stereocenters. The van der Waals surface area contributed by atoms with Crippen molar-refractivity contribution in [3.05, 3.63) is 59.9 Å². The molecule has 1 aromatic carbocycles. The van der Waals surface area contributed by atoms with Crippen LogP contribution in [0.3, 0.4) is 0 Å². The van der Waals surface area contributed by atoms with E-state index in [2.05, 4.69) is 4.98 Å². The quantitative estimate of drug-likeness (QED) is 0.769. The van der Waals surface area contributed by atoms with Crippen molar-refractivity contribution < 1.29 is 14.3 Å². The highest BCUT2D eigenvalue weighted by Gasteiger charge is 2.29. The highest BCUT2D eigenvalue weighted by atomic mass is 16.5. The maximum absolute atomic E-state index is 12.8. The molecule has 6 heteroatoms. The zero-order chi connectivity index (χ0) is 17.6.